The van der Waals surface area contributed by atoms with Crippen LogP contribution in [-0.4, -0.2) is 47.7 Å². The maximum Gasteiger partial charge on any atom is 0.408 e. The van der Waals surface area contributed by atoms with Crippen LogP contribution in [0.15, 0.2) is 84.9 Å². The van der Waals surface area contributed by atoms with Gasteiger partial charge in [0.25, 0.3) is 0 Å². The van der Waals surface area contributed by atoms with Crippen molar-refractivity contribution in [1.29, 1.82) is 0 Å². The summed E-state index contributed by atoms with van der Waals surface area (Å²) >= 11 is 0. The maximum atomic E-state index is 13.2. The number of ether oxygens (including phenoxy) is 2. The molecule has 0 spiro atoms. The van der Waals surface area contributed by atoms with Gasteiger partial charge in [0.1, 0.15) is 31.0 Å². The van der Waals surface area contributed by atoms with Gasteiger partial charge in [-0.25, -0.2) is 9.59 Å². The summed E-state index contributed by atoms with van der Waals surface area (Å²) in [6.45, 7) is 0.459. The van der Waals surface area contributed by atoms with Crippen molar-refractivity contribution in [3.63, 3.8) is 0 Å². The number of carbonyl (C=O) groups excluding carboxylic acids is 4. The molecule has 4 amide bonds. The summed E-state index contributed by atoms with van der Waals surface area (Å²) in [6.07, 6.45) is -0.100. The molecular formula is C31H36N4O7. The van der Waals surface area contributed by atoms with Gasteiger partial charge >= 0.3 is 12.2 Å². The van der Waals surface area contributed by atoms with Crippen molar-refractivity contribution in [3.8, 4) is 5.75 Å². The monoisotopic (exact) mass is 576 g/mol. The molecule has 0 fully saturated rings. The Labute approximate surface area is 244 Å². The second-order valence-corrected chi connectivity index (χ2v) is 9.58. The van der Waals surface area contributed by atoms with Crippen LogP contribution in [-0.2, 0) is 38.7 Å². The van der Waals surface area contributed by atoms with Crippen LogP contribution in [0.2, 0.25) is 0 Å². The Morgan fingerprint density at radius 3 is 1.83 bits per heavy atom. The van der Waals surface area contributed by atoms with Crippen molar-refractivity contribution in [2.45, 2.75) is 51.0 Å². The normalized spacial score (nSPS) is 11.9. The summed E-state index contributed by atoms with van der Waals surface area (Å²) in [5, 5.41) is 17.3. The van der Waals surface area contributed by atoms with Crippen LogP contribution >= 0.6 is 0 Å². The van der Waals surface area contributed by atoms with Crippen LogP contribution in [0.25, 0.3) is 0 Å². The van der Waals surface area contributed by atoms with Gasteiger partial charge in [0.05, 0.1) is 0 Å². The van der Waals surface area contributed by atoms with Gasteiger partial charge in [0.15, 0.2) is 0 Å². The number of phenolic OH excluding ortho intramolecular Hbond substituents is 1. The number of aromatic hydroxyl groups is 1. The highest BCUT2D eigenvalue weighted by atomic mass is 16.6. The summed E-state index contributed by atoms with van der Waals surface area (Å²) in [5.74, 6) is -1.29. The lowest BCUT2D eigenvalue weighted by Gasteiger charge is -2.22. The Bertz CT molecular complexity index is 1290. The lowest BCUT2D eigenvalue weighted by atomic mass is 10.0. The van der Waals surface area contributed by atoms with Gasteiger partial charge in [-0.3, -0.25) is 9.59 Å². The van der Waals surface area contributed by atoms with Gasteiger partial charge in [0, 0.05) is 13.0 Å². The van der Waals surface area contributed by atoms with Crippen LogP contribution < -0.4 is 21.7 Å². The fourth-order valence-corrected chi connectivity index (χ4v) is 3.98. The number of unbranched alkanes of at least 4 members (excludes halogenated alkanes) is 1. The van der Waals surface area contributed by atoms with E-state index in [1.807, 2.05) is 48.5 Å². The van der Waals surface area contributed by atoms with Crippen molar-refractivity contribution < 1.29 is 33.8 Å². The summed E-state index contributed by atoms with van der Waals surface area (Å²) in [5.41, 5.74) is 7.86. The summed E-state index contributed by atoms with van der Waals surface area (Å²) in [6, 6.07) is 22.5. The van der Waals surface area contributed by atoms with Crippen LogP contribution in [0.5, 0.6) is 5.75 Å². The number of hydrogen-bond donors (Lipinski definition) is 5. The van der Waals surface area contributed by atoms with E-state index in [2.05, 4.69) is 16.0 Å². The molecule has 0 aliphatic rings. The number of nitrogens with one attached hydrogen (secondary N) is 3. The number of carbonyl (C=O) groups is 4. The van der Waals surface area contributed by atoms with Crippen molar-refractivity contribution in [2.24, 2.45) is 5.73 Å². The quantitative estimate of drug-likeness (QED) is 0.173. The molecule has 222 valence electrons. The zero-order chi connectivity index (χ0) is 30.2. The summed E-state index contributed by atoms with van der Waals surface area (Å²) in [4.78, 5) is 49.8. The third kappa shape index (κ3) is 11.6. The molecule has 11 heteroatoms. The van der Waals surface area contributed by atoms with E-state index < -0.39 is 36.1 Å². The first kappa shape index (κ1) is 31.5. The van der Waals surface area contributed by atoms with Crippen molar-refractivity contribution >= 4 is 24.0 Å². The number of rotatable bonds is 15. The number of phenols is 1. The van der Waals surface area contributed by atoms with Gasteiger partial charge in [0.2, 0.25) is 11.8 Å². The first-order chi connectivity index (χ1) is 20.3. The largest absolute Gasteiger partial charge is 0.508 e. The fraction of sp³-hybridized carbons (Fsp3) is 0.290. The minimum atomic E-state index is -1.05. The maximum absolute atomic E-state index is 13.2. The van der Waals surface area contributed by atoms with Gasteiger partial charge in [-0.15, -0.1) is 0 Å². The van der Waals surface area contributed by atoms with Gasteiger partial charge in [-0.1, -0.05) is 72.8 Å². The fourth-order valence-electron chi connectivity index (χ4n) is 3.98. The van der Waals surface area contributed by atoms with Crippen LogP contribution in [0.1, 0.15) is 36.0 Å². The van der Waals surface area contributed by atoms with E-state index in [0.717, 1.165) is 11.1 Å². The molecule has 0 radical (unpaired) electrons. The number of alkyl carbamates (subject to hydrolysis) is 2. The third-order valence-electron chi connectivity index (χ3n) is 6.26. The zero-order valence-electron chi connectivity index (χ0n) is 23.2. The predicted octanol–water partition coefficient (Wildman–Crippen LogP) is 3.30. The average molecular weight is 577 g/mol. The standard InChI is InChI=1S/C31H36N4O7/c32-28(37)27(19-22-14-16-25(36)17-15-22)34-29(38)26(35-31(40)42-21-24-11-5-2-6-12-24)13-7-8-18-33-30(39)41-20-23-9-3-1-4-10-23/h1-6,9-12,14-17,26-27,36H,7-8,13,18-21H2,(H2,32,37)(H,33,39)(H,34,38)(H,35,40). The van der Waals surface area contributed by atoms with E-state index in [1.54, 1.807) is 24.3 Å². The van der Waals surface area contributed by atoms with E-state index in [-0.39, 0.29) is 31.8 Å². The van der Waals surface area contributed by atoms with Crippen LogP contribution in [0.4, 0.5) is 9.59 Å². The summed E-state index contributed by atoms with van der Waals surface area (Å²) in [7, 11) is 0. The first-order valence-electron chi connectivity index (χ1n) is 13.6. The minimum absolute atomic E-state index is 0.0147. The molecule has 0 saturated heterocycles. The zero-order valence-corrected chi connectivity index (χ0v) is 23.2. The van der Waals surface area contributed by atoms with Gasteiger partial charge < -0.3 is 36.3 Å². The minimum Gasteiger partial charge on any atom is -0.508 e. The first-order valence-corrected chi connectivity index (χ1v) is 13.6. The molecule has 2 atom stereocenters. The van der Waals surface area contributed by atoms with E-state index in [4.69, 9.17) is 15.2 Å². The van der Waals surface area contributed by atoms with E-state index in [1.165, 1.54) is 12.1 Å². The number of nitrogens with two attached hydrogens (primary N) is 1. The molecule has 0 saturated carbocycles. The molecule has 0 heterocycles. The Morgan fingerprint density at radius 1 is 0.690 bits per heavy atom. The lowest BCUT2D eigenvalue weighted by Crippen LogP contribution is -2.53. The Morgan fingerprint density at radius 2 is 1.26 bits per heavy atom. The molecule has 6 N–H and O–H groups in total. The smallest absolute Gasteiger partial charge is 0.408 e. The number of benzene rings is 3. The van der Waals surface area contributed by atoms with E-state index >= 15 is 0 Å². The number of amides is 4. The number of primary amides is 1. The predicted molar refractivity (Wildman–Crippen MR) is 155 cm³/mol. The van der Waals surface area contributed by atoms with Crippen molar-refractivity contribution in [3.05, 3.63) is 102 Å². The Kier molecular flexibility index (Phi) is 12.7. The molecule has 3 aromatic rings. The molecule has 2 unspecified atom stereocenters. The van der Waals surface area contributed by atoms with Crippen molar-refractivity contribution in [2.75, 3.05) is 6.54 Å². The Balaban J connectivity index is 1.52. The molecule has 0 aliphatic heterocycles. The molecule has 0 aromatic heterocycles. The molecule has 3 aromatic carbocycles. The van der Waals surface area contributed by atoms with E-state index in [9.17, 15) is 24.3 Å². The highest BCUT2D eigenvalue weighted by molar-refractivity contribution is 5.90. The van der Waals surface area contributed by atoms with Crippen molar-refractivity contribution in [1.82, 2.24) is 16.0 Å². The van der Waals surface area contributed by atoms with Crippen LogP contribution in [0, 0.1) is 0 Å². The molecule has 0 bridgehead atoms. The van der Waals surface area contributed by atoms with Gasteiger partial charge in [-0.05, 0) is 48.1 Å². The number of hydrogen-bond acceptors (Lipinski definition) is 7. The SMILES string of the molecule is NC(=O)C(Cc1ccc(O)cc1)NC(=O)C(CCCCNC(=O)OCc1ccccc1)NC(=O)OCc1ccccc1. The average Bonchev–Trinajstić information content (AvgIpc) is 3.00. The highest BCUT2D eigenvalue weighted by Gasteiger charge is 2.26. The highest BCUT2D eigenvalue weighted by Crippen LogP contribution is 2.12. The van der Waals surface area contributed by atoms with Crippen LogP contribution in [0.3, 0.4) is 0 Å². The molecule has 0 aliphatic carbocycles. The molecular weight excluding hydrogens is 540 g/mol. The van der Waals surface area contributed by atoms with E-state index in [0.29, 0.717) is 24.9 Å². The third-order valence-corrected chi connectivity index (χ3v) is 6.26. The molecule has 11 nitrogen and oxygen atoms in total. The second kappa shape index (κ2) is 16.9. The molecule has 3 rings (SSSR count). The second-order valence-electron chi connectivity index (χ2n) is 9.58. The topological polar surface area (TPSA) is 169 Å². The van der Waals surface area contributed by atoms with Gasteiger partial charge in [-0.2, -0.15) is 0 Å². The Hall–Kier alpha value is -5.06. The lowest BCUT2D eigenvalue weighted by molar-refractivity contribution is -0.128. The molecule has 42 heavy (non-hydrogen) atoms. The summed E-state index contributed by atoms with van der Waals surface area (Å²) < 4.78 is 10.5.